The fraction of sp³-hybridized carbons (Fsp3) is 0.529. The van der Waals surface area contributed by atoms with Gasteiger partial charge in [0.15, 0.2) is 5.82 Å². The van der Waals surface area contributed by atoms with E-state index in [1.54, 1.807) is 0 Å². The van der Waals surface area contributed by atoms with Gasteiger partial charge in [-0.25, -0.2) is 0 Å². The van der Waals surface area contributed by atoms with E-state index in [1.165, 1.54) is 31.5 Å². The van der Waals surface area contributed by atoms with E-state index in [2.05, 4.69) is 39.3 Å². The predicted molar refractivity (Wildman–Crippen MR) is 82.4 cm³/mol. The van der Waals surface area contributed by atoms with Crippen molar-refractivity contribution in [2.45, 2.75) is 31.7 Å². The van der Waals surface area contributed by atoms with Crippen LogP contribution in [0.5, 0.6) is 0 Å². The van der Waals surface area contributed by atoms with Gasteiger partial charge in [0.1, 0.15) is 0 Å². The fourth-order valence-electron chi connectivity index (χ4n) is 3.21. The van der Waals surface area contributed by atoms with Gasteiger partial charge in [0, 0.05) is 24.6 Å². The zero-order chi connectivity index (χ0) is 14.8. The molecule has 4 rings (SSSR count). The van der Waals surface area contributed by atoms with Gasteiger partial charge in [0.25, 0.3) is 5.89 Å². The van der Waals surface area contributed by atoms with E-state index in [0.29, 0.717) is 12.5 Å². The van der Waals surface area contributed by atoms with Crippen LogP contribution in [0.25, 0.3) is 11.5 Å². The first-order valence-electron chi connectivity index (χ1n) is 8.11. The van der Waals surface area contributed by atoms with Crippen molar-refractivity contribution in [2.24, 2.45) is 0 Å². The van der Waals surface area contributed by atoms with Crippen molar-refractivity contribution in [3.63, 3.8) is 0 Å². The second-order valence-corrected chi connectivity index (χ2v) is 6.20. The molecular formula is C17H21N3O2. The number of ether oxygens (including phenoxy) is 1. The molecule has 0 bridgehead atoms. The van der Waals surface area contributed by atoms with Gasteiger partial charge in [-0.2, -0.15) is 4.98 Å². The molecule has 5 nitrogen and oxygen atoms in total. The zero-order valence-corrected chi connectivity index (χ0v) is 12.7. The summed E-state index contributed by atoms with van der Waals surface area (Å²) >= 11 is 0. The lowest BCUT2D eigenvalue weighted by Gasteiger charge is -2.14. The van der Waals surface area contributed by atoms with E-state index in [-0.39, 0.29) is 5.92 Å². The third kappa shape index (κ3) is 2.91. The Morgan fingerprint density at radius 2 is 1.95 bits per heavy atom. The van der Waals surface area contributed by atoms with Crippen LogP contribution in [0.3, 0.4) is 0 Å². The summed E-state index contributed by atoms with van der Waals surface area (Å²) in [6, 6.07) is 8.48. The Morgan fingerprint density at radius 3 is 2.68 bits per heavy atom. The van der Waals surface area contributed by atoms with Crippen LogP contribution in [0.15, 0.2) is 28.8 Å². The molecule has 0 amide bonds. The molecular weight excluding hydrogens is 278 g/mol. The zero-order valence-electron chi connectivity index (χ0n) is 12.7. The average molecular weight is 299 g/mol. The molecule has 2 aliphatic heterocycles. The molecule has 0 saturated carbocycles. The summed E-state index contributed by atoms with van der Waals surface area (Å²) in [5.74, 6) is 1.66. The van der Waals surface area contributed by atoms with E-state index in [1.807, 2.05) is 0 Å². The minimum atomic E-state index is 0.284. The first-order chi connectivity index (χ1) is 10.9. The van der Waals surface area contributed by atoms with Crippen LogP contribution in [0.2, 0.25) is 0 Å². The summed E-state index contributed by atoms with van der Waals surface area (Å²) in [6.07, 6.45) is 3.63. The predicted octanol–water partition coefficient (Wildman–Crippen LogP) is 2.84. The largest absolute Gasteiger partial charge is 0.381 e. The van der Waals surface area contributed by atoms with Crippen molar-refractivity contribution in [3.8, 4) is 11.5 Å². The number of benzene rings is 1. The number of nitrogens with zero attached hydrogens (tertiary/aromatic N) is 3. The van der Waals surface area contributed by atoms with Crippen molar-refractivity contribution in [1.29, 1.82) is 0 Å². The summed E-state index contributed by atoms with van der Waals surface area (Å²) < 4.78 is 10.8. The Labute approximate surface area is 130 Å². The van der Waals surface area contributed by atoms with Gasteiger partial charge in [-0.05, 0) is 50.0 Å². The molecule has 0 spiro atoms. The van der Waals surface area contributed by atoms with E-state index in [0.717, 1.165) is 31.0 Å². The second kappa shape index (κ2) is 6.18. The average Bonchev–Trinajstić information content (AvgIpc) is 3.30. The van der Waals surface area contributed by atoms with Crippen molar-refractivity contribution in [3.05, 3.63) is 35.7 Å². The van der Waals surface area contributed by atoms with Crippen LogP contribution in [0.1, 0.15) is 36.6 Å². The molecule has 1 aromatic heterocycles. The quantitative estimate of drug-likeness (QED) is 0.869. The van der Waals surface area contributed by atoms with Gasteiger partial charge >= 0.3 is 0 Å². The third-order valence-electron chi connectivity index (χ3n) is 4.54. The molecule has 2 aliphatic rings. The molecule has 2 fully saturated rings. The summed E-state index contributed by atoms with van der Waals surface area (Å²) in [5, 5.41) is 4.11. The first kappa shape index (κ1) is 13.9. The highest BCUT2D eigenvalue weighted by Gasteiger charge is 2.23. The summed E-state index contributed by atoms with van der Waals surface area (Å²) in [7, 11) is 0. The molecule has 5 heteroatoms. The van der Waals surface area contributed by atoms with Crippen LogP contribution in [0.4, 0.5) is 0 Å². The van der Waals surface area contributed by atoms with E-state index < -0.39 is 0 Å². The minimum absolute atomic E-state index is 0.284. The normalized spacial score (nSPS) is 22.5. The monoisotopic (exact) mass is 299 g/mol. The molecule has 2 aromatic rings. The number of hydrogen-bond donors (Lipinski definition) is 0. The number of hydrogen-bond acceptors (Lipinski definition) is 5. The topological polar surface area (TPSA) is 51.4 Å². The van der Waals surface area contributed by atoms with Gasteiger partial charge in [-0.3, -0.25) is 4.90 Å². The maximum Gasteiger partial charge on any atom is 0.257 e. The van der Waals surface area contributed by atoms with Gasteiger partial charge in [-0.15, -0.1) is 0 Å². The van der Waals surface area contributed by atoms with Crippen molar-refractivity contribution >= 4 is 0 Å². The standard InChI is InChI=1S/C17H21N3O2/c1-2-9-20(8-1)11-13-3-5-14(6-4-13)17-18-16(19-22-17)15-7-10-21-12-15/h3-6,15H,1-2,7-12H2/t15-/m0/s1. The Balaban J connectivity index is 1.45. The lowest BCUT2D eigenvalue weighted by molar-refractivity contribution is 0.192. The molecule has 2 saturated heterocycles. The number of rotatable bonds is 4. The molecule has 1 atom stereocenters. The number of likely N-dealkylation sites (tertiary alicyclic amines) is 1. The van der Waals surface area contributed by atoms with Crippen LogP contribution in [-0.4, -0.2) is 41.3 Å². The second-order valence-electron chi connectivity index (χ2n) is 6.20. The van der Waals surface area contributed by atoms with Crippen LogP contribution < -0.4 is 0 Å². The molecule has 0 unspecified atom stereocenters. The molecule has 0 N–H and O–H groups in total. The Morgan fingerprint density at radius 1 is 1.14 bits per heavy atom. The lowest BCUT2D eigenvalue weighted by atomic mass is 10.1. The van der Waals surface area contributed by atoms with Gasteiger partial charge in [0.05, 0.1) is 6.61 Å². The summed E-state index contributed by atoms with van der Waals surface area (Å²) in [4.78, 5) is 7.03. The highest BCUT2D eigenvalue weighted by Crippen LogP contribution is 2.26. The van der Waals surface area contributed by atoms with Crippen molar-refractivity contribution in [1.82, 2.24) is 15.0 Å². The molecule has 3 heterocycles. The molecule has 1 aromatic carbocycles. The maximum absolute atomic E-state index is 5.41. The number of aromatic nitrogens is 2. The molecule has 0 radical (unpaired) electrons. The van der Waals surface area contributed by atoms with Crippen LogP contribution in [-0.2, 0) is 11.3 Å². The Bertz CT molecular complexity index is 611. The van der Waals surface area contributed by atoms with Gasteiger partial charge in [-0.1, -0.05) is 17.3 Å². The van der Waals surface area contributed by atoms with Crippen molar-refractivity contribution < 1.29 is 9.26 Å². The third-order valence-corrected chi connectivity index (χ3v) is 4.54. The minimum Gasteiger partial charge on any atom is -0.381 e. The highest BCUT2D eigenvalue weighted by atomic mass is 16.5. The summed E-state index contributed by atoms with van der Waals surface area (Å²) in [6.45, 7) is 4.97. The Hall–Kier alpha value is -1.72. The van der Waals surface area contributed by atoms with Crippen LogP contribution >= 0.6 is 0 Å². The van der Waals surface area contributed by atoms with E-state index in [4.69, 9.17) is 9.26 Å². The van der Waals surface area contributed by atoms with Gasteiger partial charge < -0.3 is 9.26 Å². The first-order valence-corrected chi connectivity index (χ1v) is 8.11. The fourth-order valence-corrected chi connectivity index (χ4v) is 3.21. The lowest BCUT2D eigenvalue weighted by Crippen LogP contribution is -2.18. The maximum atomic E-state index is 5.41. The molecule has 0 aliphatic carbocycles. The molecule has 116 valence electrons. The highest BCUT2D eigenvalue weighted by molar-refractivity contribution is 5.53. The van der Waals surface area contributed by atoms with E-state index in [9.17, 15) is 0 Å². The van der Waals surface area contributed by atoms with Gasteiger partial charge in [0.2, 0.25) is 0 Å². The smallest absolute Gasteiger partial charge is 0.257 e. The Kier molecular flexibility index (Phi) is 3.91. The van der Waals surface area contributed by atoms with Crippen molar-refractivity contribution in [2.75, 3.05) is 26.3 Å². The SMILES string of the molecule is c1cc(-c2nc([C@H]3CCOC3)no2)ccc1CN1CCCC1. The summed E-state index contributed by atoms with van der Waals surface area (Å²) in [5.41, 5.74) is 2.33. The molecule has 22 heavy (non-hydrogen) atoms. The van der Waals surface area contributed by atoms with E-state index >= 15 is 0 Å². The van der Waals surface area contributed by atoms with Crippen LogP contribution in [0, 0.1) is 0 Å².